The van der Waals surface area contributed by atoms with Gasteiger partial charge in [0.2, 0.25) is 0 Å². The van der Waals surface area contributed by atoms with E-state index in [0.717, 1.165) is 13.0 Å². The standard InChI is InChI=1S/C15H32N2O2/c1-7-9-10-11-17(6)13(3)12-15(4,16-5)14(18)19-8-2/h13,16H,7-12H2,1-6H3. The van der Waals surface area contributed by atoms with E-state index in [2.05, 4.69) is 31.1 Å². The molecule has 4 heteroatoms. The SMILES string of the molecule is CCCCCN(C)C(C)CC(C)(NC)C(=O)OCC. The zero-order chi connectivity index (χ0) is 14.9. The molecule has 4 nitrogen and oxygen atoms in total. The predicted octanol–water partition coefficient (Wildman–Crippen LogP) is 2.43. The molecule has 0 aromatic rings. The third-order valence-corrected chi connectivity index (χ3v) is 3.85. The van der Waals surface area contributed by atoms with Crippen molar-refractivity contribution in [3.05, 3.63) is 0 Å². The summed E-state index contributed by atoms with van der Waals surface area (Å²) in [6, 6.07) is 0.346. The molecular weight excluding hydrogens is 240 g/mol. The minimum atomic E-state index is -0.603. The molecule has 0 aromatic heterocycles. The average molecular weight is 272 g/mol. The van der Waals surface area contributed by atoms with Gasteiger partial charge in [0.05, 0.1) is 6.61 Å². The number of hydrogen-bond donors (Lipinski definition) is 1. The quantitative estimate of drug-likeness (QED) is 0.490. The molecule has 0 fully saturated rings. The summed E-state index contributed by atoms with van der Waals surface area (Å²) in [6.07, 6.45) is 4.47. The molecule has 0 radical (unpaired) electrons. The lowest BCUT2D eigenvalue weighted by Gasteiger charge is -2.33. The molecule has 2 atom stereocenters. The maximum atomic E-state index is 12.0. The lowest BCUT2D eigenvalue weighted by Crippen LogP contribution is -2.52. The van der Waals surface area contributed by atoms with Crippen molar-refractivity contribution < 1.29 is 9.53 Å². The number of nitrogens with one attached hydrogen (secondary N) is 1. The highest BCUT2D eigenvalue weighted by Crippen LogP contribution is 2.17. The molecule has 0 aliphatic carbocycles. The van der Waals surface area contributed by atoms with Crippen LogP contribution in [0.25, 0.3) is 0 Å². The van der Waals surface area contributed by atoms with Gasteiger partial charge in [-0.15, -0.1) is 0 Å². The van der Waals surface area contributed by atoms with Gasteiger partial charge in [-0.3, -0.25) is 4.79 Å². The summed E-state index contributed by atoms with van der Waals surface area (Å²) in [6.45, 7) is 9.65. The van der Waals surface area contributed by atoms with Crippen LogP contribution in [-0.2, 0) is 9.53 Å². The highest BCUT2D eigenvalue weighted by Gasteiger charge is 2.35. The minimum absolute atomic E-state index is 0.161. The number of nitrogens with zero attached hydrogens (tertiary/aromatic N) is 1. The zero-order valence-electron chi connectivity index (χ0n) is 13.6. The predicted molar refractivity (Wildman–Crippen MR) is 80.3 cm³/mol. The first kappa shape index (κ1) is 18.4. The number of unbranched alkanes of at least 4 members (excludes halogenated alkanes) is 2. The van der Waals surface area contributed by atoms with E-state index in [4.69, 9.17) is 4.74 Å². The Morgan fingerprint density at radius 3 is 2.47 bits per heavy atom. The smallest absolute Gasteiger partial charge is 0.326 e. The Hall–Kier alpha value is -0.610. The molecule has 0 saturated carbocycles. The van der Waals surface area contributed by atoms with Crippen LogP contribution in [0.3, 0.4) is 0 Å². The van der Waals surface area contributed by atoms with E-state index in [1.165, 1.54) is 19.3 Å². The Morgan fingerprint density at radius 1 is 1.37 bits per heavy atom. The van der Waals surface area contributed by atoms with E-state index in [1.807, 2.05) is 20.9 Å². The maximum Gasteiger partial charge on any atom is 0.326 e. The van der Waals surface area contributed by atoms with Crippen LogP contribution >= 0.6 is 0 Å². The Labute approximate surface area is 118 Å². The number of carbonyl (C=O) groups excluding carboxylic acids is 1. The molecule has 0 spiro atoms. The van der Waals surface area contributed by atoms with Crippen molar-refractivity contribution in [3.63, 3.8) is 0 Å². The normalized spacial score (nSPS) is 16.2. The van der Waals surface area contributed by atoms with Crippen molar-refractivity contribution in [2.75, 3.05) is 27.2 Å². The van der Waals surface area contributed by atoms with Gasteiger partial charge in [-0.25, -0.2) is 0 Å². The summed E-state index contributed by atoms with van der Waals surface area (Å²) in [4.78, 5) is 14.3. The monoisotopic (exact) mass is 272 g/mol. The van der Waals surface area contributed by atoms with E-state index in [1.54, 1.807) is 0 Å². The maximum absolute atomic E-state index is 12.0. The van der Waals surface area contributed by atoms with Gasteiger partial charge in [-0.1, -0.05) is 19.8 Å². The van der Waals surface area contributed by atoms with Crippen LogP contribution in [-0.4, -0.2) is 49.7 Å². The fraction of sp³-hybridized carbons (Fsp3) is 0.933. The molecule has 114 valence electrons. The first-order valence-electron chi connectivity index (χ1n) is 7.47. The highest BCUT2D eigenvalue weighted by atomic mass is 16.5. The second-order valence-corrected chi connectivity index (χ2v) is 5.54. The highest BCUT2D eigenvalue weighted by molar-refractivity contribution is 5.80. The van der Waals surface area contributed by atoms with Gasteiger partial charge in [0, 0.05) is 6.04 Å². The van der Waals surface area contributed by atoms with Gasteiger partial charge in [0.1, 0.15) is 5.54 Å². The lowest BCUT2D eigenvalue weighted by molar-refractivity contribution is -0.151. The molecule has 1 N–H and O–H groups in total. The third-order valence-electron chi connectivity index (χ3n) is 3.85. The molecule has 0 bridgehead atoms. The molecule has 0 aliphatic rings. The van der Waals surface area contributed by atoms with E-state index in [9.17, 15) is 4.79 Å². The molecular formula is C15H32N2O2. The van der Waals surface area contributed by atoms with Crippen LogP contribution in [0.1, 0.15) is 53.4 Å². The molecule has 0 heterocycles. The van der Waals surface area contributed by atoms with Crippen LogP contribution in [0.4, 0.5) is 0 Å². The average Bonchev–Trinajstić information content (AvgIpc) is 2.38. The van der Waals surface area contributed by atoms with Crippen LogP contribution < -0.4 is 5.32 Å². The second-order valence-electron chi connectivity index (χ2n) is 5.54. The van der Waals surface area contributed by atoms with Crippen molar-refractivity contribution >= 4 is 5.97 Å². The van der Waals surface area contributed by atoms with Crippen LogP contribution in [0, 0.1) is 0 Å². The van der Waals surface area contributed by atoms with Crippen molar-refractivity contribution in [3.8, 4) is 0 Å². The van der Waals surface area contributed by atoms with Crippen molar-refractivity contribution in [2.45, 2.75) is 65.0 Å². The largest absolute Gasteiger partial charge is 0.465 e. The summed E-state index contributed by atoms with van der Waals surface area (Å²) >= 11 is 0. The first-order valence-corrected chi connectivity index (χ1v) is 7.47. The van der Waals surface area contributed by atoms with E-state index < -0.39 is 5.54 Å². The molecule has 19 heavy (non-hydrogen) atoms. The Morgan fingerprint density at radius 2 is 2.00 bits per heavy atom. The molecule has 2 unspecified atom stereocenters. The van der Waals surface area contributed by atoms with Gasteiger partial charge in [-0.05, 0) is 54.3 Å². The lowest BCUT2D eigenvalue weighted by atomic mass is 9.93. The number of likely N-dealkylation sites (N-methyl/N-ethyl adjacent to an activating group) is 1. The summed E-state index contributed by atoms with van der Waals surface area (Å²) < 4.78 is 5.16. The molecule has 0 amide bonds. The zero-order valence-corrected chi connectivity index (χ0v) is 13.6. The third kappa shape index (κ3) is 6.39. The molecule has 0 aromatic carbocycles. The minimum Gasteiger partial charge on any atom is -0.465 e. The van der Waals surface area contributed by atoms with Gasteiger partial charge < -0.3 is 15.0 Å². The van der Waals surface area contributed by atoms with Crippen LogP contribution in [0.2, 0.25) is 0 Å². The number of esters is 1. The van der Waals surface area contributed by atoms with Gasteiger partial charge in [0.25, 0.3) is 0 Å². The van der Waals surface area contributed by atoms with E-state index in [0.29, 0.717) is 12.6 Å². The van der Waals surface area contributed by atoms with Gasteiger partial charge in [-0.2, -0.15) is 0 Å². The molecule has 0 rings (SSSR count). The topological polar surface area (TPSA) is 41.6 Å². The summed E-state index contributed by atoms with van der Waals surface area (Å²) in [5.74, 6) is -0.161. The fourth-order valence-corrected chi connectivity index (χ4v) is 2.16. The van der Waals surface area contributed by atoms with Crippen molar-refractivity contribution in [1.82, 2.24) is 10.2 Å². The van der Waals surface area contributed by atoms with Gasteiger partial charge >= 0.3 is 5.97 Å². The number of ether oxygens (including phenoxy) is 1. The van der Waals surface area contributed by atoms with Crippen molar-refractivity contribution in [2.24, 2.45) is 0 Å². The van der Waals surface area contributed by atoms with E-state index in [-0.39, 0.29) is 5.97 Å². The van der Waals surface area contributed by atoms with Gasteiger partial charge in [0.15, 0.2) is 0 Å². The van der Waals surface area contributed by atoms with Crippen LogP contribution in [0.5, 0.6) is 0 Å². The Balaban J connectivity index is 4.39. The van der Waals surface area contributed by atoms with E-state index >= 15 is 0 Å². The fourth-order valence-electron chi connectivity index (χ4n) is 2.16. The first-order chi connectivity index (χ1) is 8.91. The Bertz CT molecular complexity index is 259. The molecule has 0 saturated heterocycles. The summed E-state index contributed by atoms with van der Waals surface area (Å²) in [7, 11) is 3.95. The summed E-state index contributed by atoms with van der Waals surface area (Å²) in [5.41, 5.74) is -0.603. The van der Waals surface area contributed by atoms with Crippen LogP contribution in [0.15, 0.2) is 0 Å². The number of carbonyl (C=O) groups is 1. The number of hydrogen-bond acceptors (Lipinski definition) is 4. The molecule has 0 aliphatic heterocycles. The summed E-state index contributed by atoms with van der Waals surface area (Å²) in [5, 5.41) is 3.11. The second kappa shape index (κ2) is 9.32. The number of rotatable bonds is 10. The van der Waals surface area contributed by atoms with Crippen molar-refractivity contribution in [1.29, 1.82) is 0 Å². The Kier molecular flexibility index (Phi) is 9.02.